The SMILES string of the molecule is CC[C@@H]1CN(C)[C@H]2Cc3c([nH]c4ccccc34)C(=O)C[C@@H]1[C@H]2C(=O)OC. The number of para-hydroxylation sites is 1. The van der Waals surface area contributed by atoms with Gasteiger partial charge in [0.2, 0.25) is 0 Å². The molecule has 0 amide bonds. The second-order valence-electron chi connectivity index (χ2n) is 7.74. The van der Waals surface area contributed by atoms with Crippen LogP contribution in [0.3, 0.4) is 0 Å². The number of H-pyrrole nitrogens is 1. The molecule has 138 valence electrons. The van der Waals surface area contributed by atoms with E-state index in [2.05, 4.69) is 29.9 Å². The monoisotopic (exact) mass is 354 g/mol. The predicted octanol–water partition coefficient (Wildman–Crippen LogP) is 3.04. The van der Waals surface area contributed by atoms with E-state index in [4.69, 9.17) is 4.74 Å². The minimum absolute atomic E-state index is 0.0423. The van der Waals surface area contributed by atoms with Crippen molar-refractivity contribution in [1.29, 1.82) is 0 Å². The normalized spacial score (nSPS) is 29.1. The molecule has 1 saturated heterocycles. The van der Waals surface area contributed by atoms with Crippen molar-refractivity contribution in [1.82, 2.24) is 9.88 Å². The smallest absolute Gasteiger partial charge is 0.310 e. The van der Waals surface area contributed by atoms with E-state index in [1.807, 2.05) is 18.2 Å². The van der Waals surface area contributed by atoms with Gasteiger partial charge < -0.3 is 14.6 Å². The number of hydrogen-bond acceptors (Lipinski definition) is 4. The summed E-state index contributed by atoms with van der Waals surface area (Å²) in [6.07, 6.45) is 2.05. The van der Waals surface area contributed by atoms with Gasteiger partial charge in [0.25, 0.3) is 0 Å². The number of esters is 1. The molecule has 4 atom stereocenters. The number of fused-ring (bicyclic) bond motifs is 5. The van der Waals surface area contributed by atoms with Gasteiger partial charge in [-0.15, -0.1) is 0 Å². The number of hydrogen-bond donors (Lipinski definition) is 1. The molecule has 1 fully saturated rings. The van der Waals surface area contributed by atoms with Crippen molar-refractivity contribution in [2.45, 2.75) is 32.2 Å². The van der Waals surface area contributed by atoms with Gasteiger partial charge in [0.15, 0.2) is 5.78 Å². The van der Waals surface area contributed by atoms with E-state index in [0.717, 1.165) is 35.1 Å². The van der Waals surface area contributed by atoms with E-state index >= 15 is 0 Å². The van der Waals surface area contributed by atoms with Gasteiger partial charge in [-0.3, -0.25) is 9.59 Å². The third-order valence-electron chi connectivity index (χ3n) is 6.49. The van der Waals surface area contributed by atoms with Gasteiger partial charge in [-0.25, -0.2) is 0 Å². The highest BCUT2D eigenvalue weighted by atomic mass is 16.5. The molecule has 1 aromatic heterocycles. The lowest BCUT2D eigenvalue weighted by atomic mass is 9.67. The lowest BCUT2D eigenvalue weighted by molar-refractivity contribution is -0.154. The number of carbonyl (C=O) groups excluding carboxylic acids is 2. The second kappa shape index (κ2) is 6.54. The van der Waals surface area contributed by atoms with E-state index in [0.29, 0.717) is 18.8 Å². The molecule has 0 radical (unpaired) electrons. The summed E-state index contributed by atoms with van der Waals surface area (Å²) in [4.78, 5) is 31.5. The summed E-state index contributed by atoms with van der Waals surface area (Å²) in [5.74, 6) is 0.0584. The Morgan fingerprint density at radius 2 is 2.08 bits per heavy atom. The van der Waals surface area contributed by atoms with E-state index in [1.54, 1.807) is 0 Å². The Hall–Kier alpha value is -2.14. The van der Waals surface area contributed by atoms with Gasteiger partial charge in [0.1, 0.15) is 0 Å². The molecule has 1 aliphatic heterocycles. The lowest BCUT2D eigenvalue weighted by Crippen LogP contribution is -2.56. The molecule has 0 saturated carbocycles. The van der Waals surface area contributed by atoms with Crippen molar-refractivity contribution >= 4 is 22.7 Å². The van der Waals surface area contributed by atoms with Crippen LogP contribution in [0.25, 0.3) is 10.9 Å². The third kappa shape index (κ3) is 2.57. The number of likely N-dealkylation sites (N-methyl/N-ethyl adjacent to an activating group) is 1. The molecule has 26 heavy (non-hydrogen) atoms. The number of nitrogens with one attached hydrogen (secondary N) is 1. The summed E-state index contributed by atoms with van der Waals surface area (Å²) in [6.45, 7) is 3.06. The molecular formula is C21H26N2O3. The fourth-order valence-corrected chi connectivity index (χ4v) is 5.15. The summed E-state index contributed by atoms with van der Waals surface area (Å²) in [6, 6.07) is 8.10. The second-order valence-corrected chi connectivity index (χ2v) is 7.74. The molecule has 0 unspecified atom stereocenters. The Balaban J connectivity index is 1.88. The number of benzene rings is 1. The van der Waals surface area contributed by atoms with Crippen LogP contribution in [0.15, 0.2) is 24.3 Å². The highest BCUT2D eigenvalue weighted by molar-refractivity contribution is 6.03. The molecular weight excluding hydrogens is 328 g/mol. The highest BCUT2D eigenvalue weighted by Gasteiger charge is 2.48. The van der Waals surface area contributed by atoms with Crippen molar-refractivity contribution in [2.75, 3.05) is 20.7 Å². The zero-order valence-corrected chi connectivity index (χ0v) is 15.6. The molecule has 0 spiro atoms. The quantitative estimate of drug-likeness (QED) is 0.842. The van der Waals surface area contributed by atoms with Crippen LogP contribution in [0.4, 0.5) is 0 Å². The topological polar surface area (TPSA) is 62.4 Å². The number of likely N-dealkylation sites (tertiary alicyclic amines) is 1. The van der Waals surface area contributed by atoms with Crippen molar-refractivity contribution in [3.05, 3.63) is 35.5 Å². The number of aromatic amines is 1. The van der Waals surface area contributed by atoms with Crippen molar-refractivity contribution in [2.24, 2.45) is 17.8 Å². The third-order valence-corrected chi connectivity index (χ3v) is 6.49. The average molecular weight is 354 g/mol. The summed E-state index contributed by atoms with van der Waals surface area (Å²) >= 11 is 0. The van der Waals surface area contributed by atoms with Crippen molar-refractivity contribution < 1.29 is 14.3 Å². The van der Waals surface area contributed by atoms with E-state index in [1.165, 1.54) is 7.11 Å². The summed E-state index contributed by atoms with van der Waals surface area (Å²) in [5.41, 5.74) is 2.77. The number of nitrogens with zero attached hydrogens (tertiary/aromatic N) is 1. The first-order chi connectivity index (χ1) is 12.5. The Labute approximate surface area is 153 Å². The number of methoxy groups -OCH3 is 1. The predicted molar refractivity (Wildman–Crippen MR) is 100 cm³/mol. The maximum atomic E-state index is 13.1. The Bertz CT molecular complexity index is 856. The van der Waals surface area contributed by atoms with Crippen LogP contribution in [0.2, 0.25) is 0 Å². The maximum Gasteiger partial charge on any atom is 0.310 e. The van der Waals surface area contributed by atoms with Crippen molar-refractivity contribution in [3.63, 3.8) is 0 Å². The molecule has 2 bridgehead atoms. The fourth-order valence-electron chi connectivity index (χ4n) is 5.15. The van der Waals surface area contributed by atoms with E-state index in [-0.39, 0.29) is 29.6 Å². The number of piperidine rings is 1. The molecule has 2 aliphatic rings. The molecule has 5 nitrogen and oxygen atoms in total. The average Bonchev–Trinajstić information content (AvgIpc) is 3.01. The first kappa shape index (κ1) is 17.3. The fraction of sp³-hybridized carbons (Fsp3) is 0.524. The zero-order valence-electron chi connectivity index (χ0n) is 15.6. The Kier molecular flexibility index (Phi) is 4.35. The van der Waals surface area contributed by atoms with Crippen LogP contribution in [0, 0.1) is 17.8 Å². The van der Waals surface area contributed by atoms with Crippen LogP contribution in [-0.2, 0) is 16.0 Å². The number of ketones is 1. The number of carbonyl (C=O) groups is 2. The molecule has 2 heterocycles. The number of Topliss-reactive ketones (excluding diaryl/α,β-unsaturated/α-hetero) is 1. The van der Waals surface area contributed by atoms with E-state index < -0.39 is 0 Å². The number of rotatable bonds is 2. The first-order valence-corrected chi connectivity index (χ1v) is 9.46. The van der Waals surface area contributed by atoms with Crippen LogP contribution >= 0.6 is 0 Å². The van der Waals surface area contributed by atoms with Crippen LogP contribution in [-0.4, -0.2) is 48.4 Å². The first-order valence-electron chi connectivity index (χ1n) is 9.46. The summed E-state index contributed by atoms with van der Waals surface area (Å²) in [5, 5.41) is 1.09. The number of aromatic nitrogens is 1. The van der Waals surface area contributed by atoms with Crippen LogP contribution in [0.5, 0.6) is 0 Å². The van der Waals surface area contributed by atoms with E-state index in [9.17, 15) is 9.59 Å². The minimum atomic E-state index is -0.255. The van der Waals surface area contributed by atoms with Crippen LogP contribution < -0.4 is 0 Å². The molecule has 2 aromatic rings. The zero-order chi connectivity index (χ0) is 18.4. The van der Waals surface area contributed by atoms with Crippen molar-refractivity contribution in [3.8, 4) is 0 Å². The molecule has 1 aromatic carbocycles. The van der Waals surface area contributed by atoms with Gasteiger partial charge >= 0.3 is 5.97 Å². The maximum absolute atomic E-state index is 13.1. The molecule has 1 aliphatic carbocycles. The lowest BCUT2D eigenvalue weighted by Gasteiger charge is -2.47. The van der Waals surface area contributed by atoms with Gasteiger partial charge in [-0.1, -0.05) is 31.5 Å². The van der Waals surface area contributed by atoms with Gasteiger partial charge in [0, 0.05) is 29.9 Å². The highest BCUT2D eigenvalue weighted by Crippen LogP contribution is 2.42. The molecule has 1 N–H and O–H groups in total. The van der Waals surface area contributed by atoms with Gasteiger partial charge in [-0.05, 0) is 36.9 Å². The summed E-state index contributed by atoms with van der Waals surface area (Å²) in [7, 11) is 3.55. The Morgan fingerprint density at radius 1 is 1.31 bits per heavy atom. The largest absolute Gasteiger partial charge is 0.469 e. The van der Waals surface area contributed by atoms with Gasteiger partial charge in [0.05, 0.1) is 18.7 Å². The molecule has 4 rings (SSSR count). The summed E-state index contributed by atoms with van der Waals surface area (Å²) < 4.78 is 5.17. The number of ether oxygens (including phenoxy) is 1. The minimum Gasteiger partial charge on any atom is -0.469 e. The van der Waals surface area contributed by atoms with Crippen LogP contribution in [0.1, 0.15) is 35.8 Å². The standard InChI is InChI=1S/C21H26N2O3/c1-4-12-11-23(2)17-9-15-13-7-5-6-8-16(13)22-20(15)18(24)10-14(12)19(17)21(25)26-3/h5-8,12,14,17,19,22H,4,9-11H2,1-3H3/t12-,14+,17+,19-/m1/s1. The van der Waals surface area contributed by atoms with Gasteiger partial charge in [-0.2, -0.15) is 0 Å². The molecule has 5 heteroatoms. The Morgan fingerprint density at radius 3 is 2.81 bits per heavy atom.